The predicted molar refractivity (Wildman–Crippen MR) is 105 cm³/mol. The van der Waals surface area contributed by atoms with Gasteiger partial charge in [0.15, 0.2) is 0 Å². The van der Waals surface area contributed by atoms with E-state index >= 15 is 0 Å². The normalized spacial score (nSPS) is 14.6. The quantitative estimate of drug-likeness (QED) is 0.834. The number of nitrogens with one attached hydrogen (secondary N) is 1. The van der Waals surface area contributed by atoms with Crippen LogP contribution < -0.4 is 10.2 Å². The van der Waals surface area contributed by atoms with Crippen molar-refractivity contribution in [2.45, 2.75) is 33.1 Å². The van der Waals surface area contributed by atoms with Crippen LogP contribution in [0.15, 0.2) is 30.3 Å². The Labute approximate surface area is 153 Å². The van der Waals surface area contributed by atoms with E-state index in [0.29, 0.717) is 0 Å². The van der Waals surface area contributed by atoms with Crippen molar-refractivity contribution in [2.24, 2.45) is 0 Å². The lowest BCUT2D eigenvalue weighted by molar-refractivity contribution is 0.103. The average molecular weight is 359 g/mol. The molecule has 1 aliphatic heterocycles. The Kier molecular flexibility index (Phi) is 6.10. The fourth-order valence-electron chi connectivity index (χ4n) is 3.16. The minimum atomic E-state index is -0.0113. The molecule has 1 amide bonds. The first kappa shape index (κ1) is 18.0. The Morgan fingerprint density at radius 1 is 1.24 bits per heavy atom. The van der Waals surface area contributed by atoms with E-state index in [-0.39, 0.29) is 5.91 Å². The van der Waals surface area contributed by atoms with Gasteiger partial charge in [0.25, 0.3) is 5.91 Å². The molecule has 1 aromatic heterocycles. The van der Waals surface area contributed by atoms with Gasteiger partial charge in [-0.25, -0.2) is 0 Å². The van der Waals surface area contributed by atoms with Crippen LogP contribution in [0.4, 0.5) is 11.4 Å². The van der Waals surface area contributed by atoms with Crippen LogP contribution in [0.1, 0.15) is 40.4 Å². The summed E-state index contributed by atoms with van der Waals surface area (Å²) in [5, 5.41) is 3.12. The lowest BCUT2D eigenvalue weighted by Gasteiger charge is -2.30. The van der Waals surface area contributed by atoms with Gasteiger partial charge < -0.3 is 15.0 Å². The first-order valence-electron chi connectivity index (χ1n) is 9.07. The number of anilines is 2. The SMILES string of the molecule is CCCc1sc(C(=O)Nc2ccccc2N2CCOCC2)cc1CC. The number of para-hydroxylation sites is 2. The lowest BCUT2D eigenvalue weighted by atomic mass is 10.1. The number of morpholine rings is 1. The molecule has 2 aromatic rings. The minimum absolute atomic E-state index is 0.0113. The van der Waals surface area contributed by atoms with Gasteiger partial charge in [0.05, 0.1) is 29.5 Å². The molecule has 2 heterocycles. The highest BCUT2D eigenvalue weighted by Crippen LogP contribution is 2.29. The fraction of sp³-hybridized carbons (Fsp3) is 0.450. The Morgan fingerprint density at radius 3 is 2.72 bits per heavy atom. The molecule has 0 atom stereocenters. The molecular weight excluding hydrogens is 332 g/mol. The second-order valence-corrected chi connectivity index (χ2v) is 7.37. The first-order chi connectivity index (χ1) is 12.2. The molecule has 1 N–H and O–H groups in total. The number of benzene rings is 1. The molecule has 1 aromatic carbocycles. The minimum Gasteiger partial charge on any atom is -0.378 e. The summed E-state index contributed by atoms with van der Waals surface area (Å²) in [5.74, 6) is -0.0113. The third-order valence-electron chi connectivity index (χ3n) is 4.48. The van der Waals surface area contributed by atoms with Crippen LogP contribution in [0.5, 0.6) is 0 Å². The summed E-state index contributed by atoms with van der Waals surface area (Å²) >= 11 is 1.63. The van der Waals surface area contributed by atoms with Crippen molar-refractivity contribution in [3.63, 3.8) is 0 Å². The van der Waals surface area contributed by atoms with Crippen LogP contribution in [-0.4, -0.2) is 32.2 Å². The number of carbonyl (C=O) groups excluding carboxylic acids is 1. The number of hydrogen-bond donors (Lipinski definition) is 1. The maximum Gasteiger partial charge on any atom is 0.265 e. The summed E-state index contributed by atoms with van der Waals surface area (Å²) < 4.78 is 5.44. The van der Waals surface area contributed by atoms with Crippen LogP contribution in [-0.2, 0) is 17.6 Å². The number of hydrogen-bond acceptors (Lipinski definition) is 4. The van der Waals surface area contributed by atoms with Gasteiger partial charge in [-0.3, -0.25) is 4.79 Å². The second-order valence-electron chi connectivity index (χ2n) is 6.23. The van der Waals surface area contributed by atoms with E-state index in [4.69, 9.17) is 4.74 Å². The zero-order chi connectivity index (χ0) is 17.6. The summed E-state index contributed by atoms with van der Waals surface area (Å²) in [6.07, 6.45) is 3.13. The number of ether oxygens (including phenoxy) is 1. The van der Waals surface area contributed by atoms with Gasteiger partial charge in [-0.05, 0) is 36.6 Å². The van der Waals surface area contributed by atoms with E-state index < -0.39 is 0 Å². The second kappa shape index (κ2) is 8.50. The molecule has 0 aliphatic carbocycles. The standard InChI is InChI=1S/C20H26N2O2S/c1-3-7-18-15(4-2)14-19(25-18)20(23)21-16-8-5-6-9-17(16)22-10-12-24-13-11-22/h5-6,8-9,14H,3-4,7,10-13H2,1-2H3,(H,21,23). The molecule has 3 rings (SSSR count). The van der Waals surface area contributed by atoms with Crippen molar-refractivity contribution in [3.8, 4) is 0 Å². The smallest absolute Gasteiger partial charge is 0.265 e. The van der Waals surface area contributed by atoms with E-state index in [1.807, 2.05) is 18.2 Å². The summed E-state index contributed by atoms with van der Waals surface area (Å²) in [7, 11) is 0. The summed E-state index contributed by atoms with van der Waals surface area (Å²) in [4.78, 5) is 17.2. The maximum absolute atomic E-state index is 12.8. The van der Waals surface area contributed by atoms with Gasteiger partial charge in [0, 0.05) is 18.0 Å². The van der Waals surface area contributed by atoms with Gasteiger partial charge in [0.2, 0.25) is 0 Å². The molecule has 0 saturated carbocycles. The van der Waals surface area contributed by atoms with Gasteiger partial charge >= 0.3 is 0 Å². The van der Waals surface area contributed by atoms with Crippen molar-refractivity contribution in [1.29, 1.82) is 0 Å². The topological polar surface area (TPSA) is 41.6 Å². The number of rotatable bonds is 6. The number of amides is 1. The van der Waals surface area contributed by atoms with Gasteiger partial charge in [-0.15, -0.1) is 11.3 Å². The molecule has 25 heavy (non-hydrogen) atoms. The van der Waals surface area contributed by atoms with E-state index in [2.05, 4.69) is 36.2 Å². The highest BCUT2D eigenvalue weighted by molar-refractivity contribution is 7.14. The first-order valence-corrected chi connectivity index (χ1v) is 9.89. The van der Waals surface area contributed by atoms with Gasteiger partial charge in [-0.2, -0.15) is 0 Å². The van der Waals surface area contributed by atoms with Crippen LogP contribution in [0, 0.1) is 0 Å². The zero-order valence-electron chi connectivity index (χ0n) is 15.0. The van der Waals surface area contributed by atoms with Crippen LogP contribution in [0.25, 0.3) is 0 Å². The van der Waals surface area contributed by atoms with Crippen molar-refractivity contribution >= 4 is 28.6 Å². The van der Waals surface area contributed by atoms with E-state index in [0.717, 1.165) is 61.8 Å². The van der Waals surface area contributed by atoms with Crippen LogP contribution in [0.3, 0.4) is 0 Å². The number of nitrogens with zero attached hydrogens (tertiary/aromatic N) is 1. The third-order valence-corrected chi connectivity index (χ3v) is 5.72. The number of carbonyl (C=O) groups is 1. The Morgan fingerprint density at radius 2 is 2.00 bits per heavy atom. The molecule has 1 saturated heterocycles. The average Bonchev–Trinajstić information content (AvgIpc) is 3.06. The van der Waals surface area contributed by atoms with Gasteiger partial charge in [0.1, 0.15) is 0 Å². The fourth-order valence-corrected chi connectivity index (χ4v) is 4.41. The van der Waals surface area contributed by atoms with E-state index in [1.165, 1.54) is 10.4 Å². The highest BCUT2D eigenvalue weighted by Gasteiger charge is 2.18. The van der Waals surface area contributed by atoms with Crippen molar-refractivity contribution in [2.75, 3.05) is 36.5 Å². The number of thiophene rings is 1. The molecule has 1 fully saturated rings. The zero-order valence-corrected chi connectivity index (χ0v) is 15.8. The molecule has 0 spiro atoms. The summed E-state index contributed by atoms with van der Waals surface area (Å²) in [5.41, 5.74) is 3.25. The molecule has 4 nitrogen and oxygen atoms in total. The summed E-state index contributed by atoms with van der Waals surface area (Å²) in [6, 6.07) is 10.1. The Balaban J connectivity index is 1.79. The van der Waals surface area contributed by atoms with Gasteiger partial charge in [-0.1, -0.05) is 32.4 Å². The lowest BCUT2D eigenvalue weighted by Crippen LogP contribution is -2.36. The van der Waals surface area contributed by atoms with E-state index in [9.17, 15) is 4.79 Å². The molecular formula is C20H26N2O2S. The number of aryl methyl sites for hydroxylation is 2. The Bertz CT molecular complexity index is 720. The molecule has 0 unspecified atom stereocenters. The molecule has 0 bridgehead atoms. The van der Waals surface area contributed by atoms with Crippen LogP contribution >= 0.6 is 11.3 Å². The molecule has 134 valence electrons. The largest absolute Gasteiger partial charge is 0.378 e. The molecule has 0 radical (unpaired) electrons. The molecule has 5 heteroatoms. The highest BCUT2D eigenvalue weighted by atomic mass is 32.1. The maximum atomic E-state index is 12.8. The predicted octanol–water partition coefficient (Wildman–Crippen LogP) is 4.35. The molecule has 1 aliphatic rings. The van der Waals surface area contributed by atoms with Crippen molar-refractivity contribution in [3.05, 3.63) is 45.6 Å². The van der Waals surface area contributed by atoms with Crippen LogP contribution in [0.2, 0.25) is 0 Å². The van der Waals surface area contributed by atoms with Crippen molar-refractivity contribution in [1.82, 2.24) is 0 Å². The summed E-state index contributed by atoms with van der Waals surface area (Å²) in [6.45, 7) is 7.49. The monoisotopic (exact) mass is 358 g/mol. The third kappa shape index (κ3) is 4.22. The van der Waals surface area contributed by atoms with E-state index in [1.54, 1.807) is 11.3 Å². The van der Waals surface area contributed by atoms with Crippen molar-refractivity contribution < 1.29 is 9.53 Å². The Hall–Kier alpha value is -1.85.